The zero-order valence-corrected chi connectivity index (χ0v) is 12.0. The molecule has 0 bridgehead atoms. The molecule has 2 N–H and O–H groups in total. The summed E-state index contributed by atoms with van der Waals surface area (Å²) in [6.45, 7) is 5.25. The molecule has 1 aliphatic heterocycles. The summed E-state index contributed by atoms with van der Waals surface area (Å²) in [5.41, 5.74) is 0. The second kappa shape index (κ2) is 6.64. The van der Waals surface area contributed by atoms with E-state index in [9.17, 15) is 0 Å². The highest BCUT2D eigenvalue weighted by Gasteiger charge is 2.20. The first-order valence-electron chi connectivity index (χ1n) is 6.59. The predicted octanol–water partition coefficient (Wildman–Crippen LogP) is 1.90. The predicted molar refractivity (Wildman–Crippen MR) is 79.7 cm³/mol. The molecule has 1 fully saturated rings. The summed E-state index contributed by atoms with van der Waals surface area (Å²) in [5.74, 6) is 0.923. The van der Waals surface area contributed by atoms with Crippen LogP contribution in [0.25, 0.3) is 0 Å². The van der Waals surface area contributed by atoms with Crippen molar-refractivity contribution in [3.63, 3.8) is 0 Å². The first-order valence-corrected chi connectivity index (χ1v) is 7.47. The molecule has 0 atom stereocenters. The van der Waals surface area contributed by atoms with E-state index in [-0.39, 0.29) is 0 Å². The van der Waals surface area contributed by atoms with Gasteiger partial charge in [-0.15, -0.1) is 11.3 Å². The number of piperidine rings is 1. The lowest BCUT2D eigenvalue weighted by molar-refractivity contribution is 0.463. The molecule has 100 valence electrons. The van der Waals surface area contributed by atoms with E-state index >= 15 is 0 Å². The summed E-state index contributed by atoms with van der Waals surface area (Å²) >= 11 is 1.83. The van der Waals surface area contributed by atoms with E-state index in [1.54, 1.807) is 0 Å². The Morgan fingerprint density at radius 1 is 1.50 bits per heavy atom. The second-order valence-corrected chi connectivity index (χ2v) is 5.39. The quantitative estimate of drug-likeness (QED) is 0.648. The number of nitrogens with zero attached hydrogens (tertiary/aromatic N) is 2. The van der Waals surface area contributed by atoms with Crippen LogP contribution in [0.2, 0.25) is 0 Å². The average Bonchev–Trinajstić information content (AvgIpc) is 2.93. The Kier molecular flexibility index (Phi) is 4.87. The SMILES string of the molecule is CCNC(=NC)NC1CCN(c2cccs2)CC1. The molecule has 1 saturated heterocycles. The van der Waals surface area contributed by atoms with Gasteiger partial charge in [0, 0.05) is 32.7 Å². The van der Waals surface area contributed by atoms with Crippen molar-refractivity contribution in [1.82, 2.24) is 10.6 Å². The first kappa shape index (κ1) is 13.2. The van der Waals surface area contributed by atoms with E-state index in [0.717, 1.165) is 25.6 Å². The van der Waals surface area contributed by atoms with E-state index in [1.165, 1.54) is 17.8 Å². The number of anilines is 1. The van der Waals surface area contributed by atoms with Crippen LogP contribution < -0.4 is 15.5 Å². The molecule has 2 heterocycles. The third-order valence-electron chi connectivity index (χ3n) is 3.22. The first-order chi connectivity index (χ1) is 8.83. The van der Waals surface area contributed by atoms with Crippen LogP contribution >= 0.6 is 11.3 Å². The second-order valence-electron chi connectivity index (χ2n) is 4.46. The fourth-order valence-electron chi connectivity index (χ4n) is 2.25. The van der Waals surface area contributed by atoms with Crippen LogP contribution in [0.5, 0.6) is 0 Å². The molecule has 0 radical (unpaired) electrons. The van der Waals surface area contributed by atoms with E-state index in [4.69, 9.17) is 0 Å². The minimum absolute atomic E-state index is 0.541. The fourth-order valence-corrected chi connectivity index (χ4v) is 3.03. The Balaban J connectivity index is 1.80. The third kappa shape index (κ3) is 3.38. The molecule has 0 saturated carbocycles. The maximum absolute atomic E-state index is 4.22. The van der Waals surface area contributed by atoms with Crippen LogP contribution in [0.15, 0.2) is 22.5 Å². The van der Waals surface area contributed by atoms with Gasteiger partial charge in [-0.25, -0.2) is 0 Å². The van der Waals surface area contributed by atoms with Crippen molar-refractivity contribution in [3.05, 3.63) is 17.5 Å². The van der Waals surface area contributed by atoms with Gasteiger partial charge in [-0.05, 0) is 37.3 Å². The van der Waals surface area contributed by atoms with Gasteiger partial charge in [-0.3, -0.25) is 4.99 Å². The lowest BCUT2D eigenvalue weighted by Crippen LogP contribution is -2.48. The Labute approximate surface area is 113 Å². The average molecular weight is 266 g/mol. The fraction of sp³-hybridized carbons (Fsp3) is 0.615. The molecule has 4 nitrogen and oxygen atoms in total. The highest BCUT2D eigenvalue weighted by molar-refractivity contribution is 7.14. The molecule has 0 unspecified atom stereocenters. The number of nitrogens with one attached hydrogen (secondary N) is 2. The lowest BCUT2D eigenvalue weighted by Gasteiger charge is -2.33. The maximum Gasteiger partial charge on any atom is 0.191 e. The van der Waals surface area contributed by atoms with Crippen molar-refractivity contribution in [2.45, 2.75) is 25.8 Å². The van der Waals surface area contributed by atoms with Crippen molar-refractivity contribution in [3.8, 4) is 0 Å². The van der Waals surface area contributed by atoms with Gasteiger partial charge in [-0.1, -0.05) is 0 Å². The summed E-state index contributed by atoms with van der Waals surface area (Å²) in [6.07, 6.45) is 2.34. The smallest absolute Gasteiger partial charge is 0.191 e. The normalized spacial score (nSPS) is 17.9. The van der Waals surface area contributed by atoms with Crippen LogP contribution in [0, 0.1) is 0 Å². The molecule has 5 heteroatoms. The van der Waals surface area contributed by atoms with Crippen molar-refractivity contribution in [1.29, 1.82) is 0 Å². The van der Waals surface area contributed by atoms with Gasteiger partial charge in [0.15, 0.2) is 5.96 Å². The van der Waals surface area contributed by atoms with E-state index in [0.29, 0.717) is 6.04 Å². The topological polar surface area (TPSA) is 39.7 Å². The molecule has 0 spiro atoms. The van der Waals surface area contributed by atoms with Gasteiger partial charge in [0.1, 0.15) is 0 Å². The van der Waals surface area contributed by atoms with Crippen LogP contribution in [0.3, 0.4) is 0 Å². The van der Waals surface area contributed by atoms with Crippen molar-refractivity contribution >= 4 is 22.3 Å². The van der Waals surface area contributed by atoms with E-state index in [2.05, 4.69) is 45.0 Å². The zero-order chi connectivity index (χ0) is 12.8. The molecule has 18 heavy (non-hydrogen) atoms. The Hall–Kier alpha value is -1.23. The molecule has 2 rings (SSSR count). The van der Waals surface area contributed by atoms with Crippen molar-refractivity contribution < 1.29 is 0 Å². The molecular formula is C13H22N4S. The van der Waals surface area contributed by atoms with Crippen molar-refractivity contribution in [2.75, 3.05) is 31.6 Å². The largest absolute Gasteiger partial charge is 0.363 e. The number of aliphatic imine (C=N–C) groups is 1. The third-order valence-corrected chi connectivity index (χ3v) is 4.15. The number of hydrogen-bond acceptors (Lipinski definition) is 3. The molecule has 1 aliphatic rings. The van der Waals surface area contributed by atoms with Gasteiger partial charge in [0.25, 0.3) is 0 Å². The summed E-state index contributed by atoms with van der Waals surface area (Å²) in [7, 11) is 1.83. The molecule has 0 amide bonds. The molecule has 0 aromatic carbocycles. The molecule has 0 aliphatic carbocycles. The molecular weight excluding hydrogens is 244 g/mol. The summed E-state index contributed by atoms with van der Waals surface area (Å²) in [5, 5.41) is 10.3. The highest BCUT2D eigenvalue weighted by atomic mass is 32.1. The number of thiophene rings is 1. The molecule has 1 aromatic rings. The Morgan fingerprint density at radius 3 is 2.83 bits per heavy atom. The van der Waals surface area contributed by atoms with Gasteiger partial charge >= 0.3 is 0 Å². The highest BCUT2D eigenvalue weighted by Crippen LogP contribution is 2.24. The zero-order valence-electron chi connectivity index (χ0n) is 11.1. The maximum atomic E-state index is 4.22. The van der Waals surface area contributed by atoms with Crippen LogP contribution in [0.1, 0.15) is 19.8 Å². The summed E-state index contributed by atoms with van der Waals surface area (Å²) < 4.78 is 0. The van der Waals surface area contributed by atoms with Crippen LogP contribution in [-0.4, -0.2) is 38.7 Å². The van der Waals surface area contributed by atoms with Gasteiger partial charge in [0.05, 0.1) is 5.00 Å². The van der Waals surface area contributed by atoms with Gasteiger partial charge < -0.3 is 15.5 Å². The number of guanidine groups is 1. The minimum atomic E-state index is 0.541. The van der Waals surface area contributed by atoms with E-state index < -0.39 is 0 Å². The van der Waals surface area contributed by atoms with E-state index in [1.807, 2.05) is 18.4 Å². The lowest BCUT2D eigenvalue weighted by atomic mass is 10.1. The Morgan fingerprint density at radius 2 is 2.28 bits per heavy atom. The number of rotatable bonds is 3. The minimum Gasteiger partial charge on any atom is -0.363 e. The Bertz CT molecular complexity index is 366. The summed E-state index contributed by atoms with van der Waals surface area (Å²) in [6, 6.07) is 4.87. The molecule has 1 aromatic heterocycles. The monoisotopic (exact) mass is 266 g/mol. The van der Waals surface area contributed by atoms with Crippen molar-refractivity contribution in [2.24, 2.45) is 4.99 Å². The van der Waals surface area contributed by atoms with Gasteiger partial charge in [0.2, 0.25) is 0 Å². The summed E-state index contributed by atoms with van der Waals surface area (Å²) in [4.78, 5) is 6.69. The standard InChI is InChI=1S/C13H22N4S/c1-3-15-13(14-2)16-11-6-8-17(9-7-11)12-5-4-10-18-12/h4-5,10-11H,3,6-9H2,1-2H3,(H2,14,15,16). The van der Waals surface area contributed by atoms with Crippen LogP contribution in [0.4, 0.5) is 5.00 Å². The van der Waals surface area contributed by atoms with Gasteiger partial charge in [-0.2, -0.15) is 0 Å². The van der Waals surface area contributed by atoms with Crippen LogP contribution in [-0.2, 0) is 0 Å². The number of hydrogen-bond donors (Lipinski definition) is 2.